The second-order valence-electron chi connectivity index (χ2n) is 6.16. The Morgan fingerprint density at radius 1 is 1.24 bits per heavy atom. The zero-order valence-electron chi connectivity index (χ0n) is 15.8. The number of hydrogen-bond acceptors (Lipinski definition) is 6. The van der Waals surface area contributed by atoms with Crippen LogP contribution in [0.2, 0.25) is 0 Å². The Kier molecular flexibility index (Phi) is 7.34. The molecule has 1 atom stereocenters. The van der Waals surface area contributed by atoms with Gasteiger partial charge in [0.25, 0.3) is 0 Å². The van der Waals surface area contributed by atoms with Gasteiger partial charge in [0, 0.05) is 28.4 Å². The van der Waals surface area contributed by atoms with E-state index in [0.717, 1.165) is 21.4 Å². The highest BCUT2D eigenvalue weighted by Gasteiger charge is 2.20. The summed E-state index contributed by atoms with van der Waals surface area (Å²) in [4.78, 5) is 5.25. The number of benzene rings is 2. The Bertz CT molecular complexity index is 987. The number of nitrogens with zero attached hydrogens (tertiary/aromatic N) is 2. The van der Waals surface area contributed by atoms with Crippen molar-refractivity contribution in [1.82, 2.24) is 9.73 Å². The predicted molar refractivity (Wildman–Crippen MR) is 120 cm³/mol. The predicted octanol–water partition coefficient (Wildman–Crippen LogP) is 2.81. The van der Waals surface area contributed by atoms with Crippen LogP contribution in [0.4, 0.5) is 5.69 Å². The van der Waals surface area contributed by atoms with Gasteiger partial charge in [0.1, 0.15) is 16.8 Å². The summed E-state index contributed by atoms with van der Waals surface area (Å²) in [6.45, 7) is 2.05. The Morgan fingerprint density at radius 2 is 2.00 bits per heavy atom. The fourth-order valence-electron chi connectivity index (χ4n) is 2.67. The lowest BCUT2D eigenvalue weighted by Gasteiger charge is -2.28. The van der Waals surface area contributed by atoms with E-state index in [9.17, 15) is 4.21 Å². The SMILES string of the molecule is C/C(Br)=C1/N=C(c2ccccc2)C=C(Nc2cccc(S(=O)NCCO)c2)N1N. The Morgan fingerprint density at radius 3 is 2.69 bits per heavy atom. The molecule has 2 aromatic carbocycles. The third kappa shape index (κ3) is 5.40. The molecule has 0 fully saturated rings. The van der Waals surface area contributed by atoms with Gasteiger partial charge in [-0.05, 0) is 25.1 Å². The third-order valence-corrected chi connectivity index (χ3v) is 5.53. The van der Waals surface area contributed by atoms with Gasteiger partial charge in [-0.2, -0.15) is 0 Å². The highest BCUT2D eigenvalue weighted by Crippen LogP contribution is 2.26. The molecular formula is C20H22BrN5O2S. The lowest BCUT2D eigenvalue weighted by molar-refractivity contribution is 0.302. The van der Waals surface area contributed by atoms with Crippen LogP contribution in [0.1, 0.15) is 12.5 Å². The maximum atomic E-state index is 12.3. The van der Waals surface area contributed by atoms with Crippen LogP contribution in [0.5, 0.6) is 0 Å². The van der Waals surface area contributed by atoms with Crippen LogP contribution in [0.25, 0.3) is 0 Å². The minimum atomic E-state index is -1.41. The molecule has 1 unspecified atom stereocenters. The Hall–Kier alpha value is -2.30. The monoisotopic (exact) mass is 475 g/mol. The summed E-state index contributed by atoms with van der Waals surface area (Å²) in [7, 11) is -1.41. The van der Waals surface area contributed by atoms with Crippen molar-refractivity contribution in [2.75, 3.05) is 18.5 Å². The molecular weight excluding hydrogens is 454 g/mol. The number of nitrogens with one attached hydrogen (secondary N) is 2. The first-order valence-electron chi connectivity index (χ1n) is 8.90. The highest BCUT2D eigenvalue weighted by molar-refractivity contribution is 9.11. The van der Waals surface area contributed by atoms with Gasteiger partial charge in [-0.25, -0.2) is 24.8 Å². The highest BCUT2D eigenvalue weighted by atomic mass is 79.9. The van der Waals surface area contributed by atoms with Crippen LogP contribution >= 0.6 is 15.9 Å². The quantitative estimate of drug-likeness (QED) is 0.461. The largest absolute Gasteiger partial charge is 0.395 e. The van der Waals surface area contributed by atoms with Gasteiger partial charge in [0.15, 0.2) is 5.82 Å². The van der Waals surface area contributed by atoms with E-state index in [1.165, 1.54) is 5.01 Å². The van der Waals surface area contributed by atoms with E-state index in [0.29, 0.717) is 16.5 Å². The number of aliphatic hydroxyl groups excluding tert-OH is 1. The van der Waals surface area contributed by atoms with Gasteiger partial charge in [-0.3, -0.25) is 0 Å². The zero-order chi connectivity index (χ0) is 20.8. The van der Waals surface area contributed by atoms with E-state index < -0.39 is 11.0 Å². The molecule has 0 saturated carbocycles. The zero-order valence-corrected chi connectivity index (χ0v) is 18.2. The van der Waals surface area contributed by atoms with E-state index in [1.807, 2.05) is 49.4 Å². The van der Waals surface area contributed by atoms with Crippen molar-refractivity contribution in [2.45, 2.75) is 11.8 Å². The van der Waals surface area contributed by atoms with E-state index in [4.69, 9.17) is 10.9 Å². The summed E-state index contributed by atoms with van der Waals surface area (Å²) >= 11 is 3.47. The molecule has 0 aromatic heterocycles. The lowest BCUT2D eigenvalue weighted by atomic mass is 10.1. The number of halogens is 1. The van der Waals surface area contributed by atoms with E-state index in [2.05, 4.69) is 31.0 Å². The van der Waals surface area contributed by atoms with Gasteiger partial charge in [-0.15, -0.1) is 0 Å². The standard InChI is InChI=1S/C20H22BrN5O2S/c1-14(21)20-25-18(15-6-3-2-4-7-15)13-19(26(20)22)24-16-8-5-9-17(12-16)29(28)23-10-11-27/h2-9,12-13,23-24,27H,10-11,22H2,1H3/b20-14+. The van der Waals surface area contributed by atoms with Gasteiger partial charge < -0.3 is 10.4 Å². The molecule has 1 aliphatic rings. The lowest BCUT2D eigenvalue weighted by Crippen LogP contribution is -2.36. The maximum Gasteiger partial charge on any atom is 0.159 e. The second kappa shape index (κ2) is 9.95. The number of allylic oxidation sites excluding steroid dienone is 2. The molecule has 152 valence electrons. The van der Waals surface area contributed by atoms with Gasteiger partial charge in [0.2, 0.25) is 0 Å². The molecule has 7 nitrogen and oxygen atoms in total. The molecule has 0 spiro atoms. The molecule has 3 rings (SSSR count). The first-order valence-corrected chi connectivity index (χ1v) is 10.8. The van der Waals surface area contributed by atoms with Gasteiger partial charge >= 0.3 is 0 Å². The average molecular weight is 476 g/mol. The second-order valence-corrected chi connectivity index (χ2v) is 8.65. The number of hydrogen-bond donors (Lipinski definition) is 4. The van der Waals surface area contributed by atoms with E-state index in [-0.39, 0.29) is 13.2 Å². The molecule has 0 bridgehead atoms. The van der Waals surface area contributed by atoms with E-state index in [1.54, 1.807) is 18.2 Å². The summed E-state index contributed by atoms with van der Waals surface area (Å²) in [6.07, 6.45) is 1.86. The minimum Gasteiger partial charge on any atom is -0.395 e. The molecule has 5 N–H and O–H groups in total. The van der Waals surface area contributed by atoms with Crippen LogP contribution < -0.4 is 15.9 Å². The summed E-state index contributed by atoms with van der Waals surface area (Å²) in [6, 6.07) is 17.0. The van der Waals surface area contributed by atoms with Crippen LogP contribution in [0, 0.1) is 0 Å². The van der Waals surface area contributed by atoms with Crippen LogP contribution in [-0.2, 0) is 11.0 Å². The Balaban J connectivity index is 1.91. The Labute approximate surface area is 180 Å². The van der Waals surface area contributed by atoms with Crippen molar-refractivity contribution in [1.29, 1.82) is 0 Å². The molecule has 0 saturated heterocycles. The van der Waals surface area contributed by atoms with Crippen LogP contribution in [0.3, 0.4) is 0 Å². The van der Waals surface area contributed by atoms with Crippen LogP contribution in [0.15, 0.2) is 86.7 Å². The number of anilines is 1. The van der Waals surface area contributed by atoms with Crippen molar-refractivity contribution in [2.24, 2.45) is 10.8 Å². The molecule has 1 aliphatic heterocycles. The van der Waals surface area contributed by atoms with Crippen molar-refractivity contribution in [3.63, 3.8) is 0 Å². The molecule has 9 heteroatoms. The molecule has 1 heterocycles. The first kappa shape index (κ1) is 21.4. The molecule has 29 heavy (non-hydrogen) atoms. The van der Waals surface area contributed by atoms with Crippen molar-refractivity contribution < 1.29 is 9.32 Å². The molecule has 0 radical (unpaired) electrons. The fraction of sp³-hybridized carbons (Fsp3) is 0.150. The normalized spacial score (nSPS) is 16.8. The molecule has 0 amide bonds. The van der Waals surface area contributed by atoms with Crippen molar-refractivity contribution in [3.8, 4) is 0 Å². The maximum absolute atomic E-state index is 12.3. The summed E-state index contributed by atoms with van der Waals surface area (Å²) in [5.41, 5.74) is 2.46. The van der Waals surface area contributed by atoms with Crippen molar-refractivity contribution in [3.05, 3.63) is 82.4 Å². The van der Waals surface area contributed by atoms with Crippen LogP contribution in [-0.4, -0.2) is 33.2 Å². The van der Waals surface area contributed by atoms with E-state index >= 15 is 0 Å². The topological polar surface area (TPSA) is 103 Å². The van der Waals surface area contributed by atoms with Gasteiger partial charge in [-0.1, -0.05) is 52.3 Å². The molecule has 0 aliphatic carbocycles. The average Bonchev–Trinajstić information content (AvgIpc) is 2.74. The minimum absolute atomic E-state index is 0.0820. The first-order chi connectivity index (χ1) is 14.0. The summed E-state index contributed by atoms with van der Waals surface area (Å²) < 4.78 is 15.8. The van der Waals surface area contributed by atoms with Gasteiger partial charge in [0.05, 0.1) is 17.2 Å². The number of aliphatic imine (C=N–C) groups is 1. The number of hydrazine groups is 1. The summed E-state index contributed by atoms with van der Waals surface area (Å²) in [5, 5.41) is 13.6. The number of rotatable bonds is 7. The summed E-state index contributed by atoms with van der Waals surface area (Å²) in [5.74, 6) is 7.49. The fourth-order valence-corrected chi connectivity index (χ4v) is 3.83. The number of aliphatic hydroxyl groups is 1. The molecule has 2 aromatic rings. The van der Waals surface area contributed by atoms with Crippen molar-refractivity contribution >= 4 is 38.3 Å². The third-order valence-electron chi connectivity index (χ3n) is 4.03. The smallest absolute Gasteiger partial charge is 0.159 e. The number of nitrogens with two attached hydrogens (primary N) is 1.